The third kappa shape index (κ3) is 8.76. The number of imidazole rings is 1. The van der Waals surface area contributed by atoms with E-state index in [9.17, 15) is 40.9 Å². The molecule has 0 saturated carbocycles. The van der Waals surface area contributed by atoms with Crippen LogP contribution in [0.2, 0.25) is 0 Å². The summed E-state index contributed by atoms with van der Waals surface area (Å²) in [7, 11) is 0. The molecule has 0 aliphatic carbocycles. The molecule has 15 nitrogen and oxygen atoms in total. The van der Waals surface area contributed by atoms with Crippen molar-refractivity contribution in [3.8, 4) is 5.75 Å². The third-order valence-corrected chi connectivity index (χ3v) is 7.18. The first-order chi connectivity index (χ1) is 19.4. The molecule has 0 aliphatic heterocycles. The molecule has 0 radical (unpaired) electrons. The van der Waals surface area contributed by atoms with Crippen molar-refractivity contribution in [1.29, 1.82) is 0 Å². The van der Waals surface area contributed by atoms with Gasteiger partial charge in [-0.1, -0.05) is 0 Å². The van der Waals surface area contributed by atoms with Gasteiger partial charge >= 0.3 is 0 Å². The average Bonchev–Trinajstić information content (AvgIpc) is 3.30. The second kappa shape index (κ2) is 16.6. The van der Waals surface area contributed by atoms with Gasteiger partial charge in [0.15, 0.2) is 11.0 Å². The number of nitrogens with two attached hydrogens (primary N) is 1. The monoisotopic (exact) mass is 591 g/mol. The van der Waals surface area contributed by atoms with Crippen molar-refractivity contribution in [1.82, 2.24) is 9.47 Å². The van der Waals surface area contributed by atoms with Crippen LogP contribution in [0.4, 0.5) is 0 Å². The summed E-state index contributed by atoms with van der Waals surface area (Å²) >= 11 is 0. The fourth-order valence-corrected chi connectivity index (χ4v) is 4.81. The van der Waals surface area contributed by atoms with Crippen LogP contribution in [0.25, 0.3) is 11.0 Å². The van der Waals surface area contributed by atoms with E-state index >= 15 is 0 Å². The van der Waals surface area contributed by atoms with Crippen molar-refractivity contribution in [3.05, 3.63) is 24.0 Å². The summed E-state index contributed by atoms with van der Waals surface area (Å²) in [6.07, 6.45) is -14.2. The first-order valence-electron chi connectivity index (χ1n) is 13.7. The standard InChI is InChI=1S/C26H47N4O11/c1-3-29-16-6-5-15(9-17(16)30(4-2)22(29)10-27)41-8-7-28(11-18(33)23(37)25(39)20(35)13-31)12-19(34)24(38)26(40)21(36)14-32/h5-6,9,18-21,23-26,31-40H,3-4,7-8,10-14,27H2,1-2H3/q+1. The normalized spacial score (nSPS) is 18.2. The van der Waals surface area contributed by atoms with Crippen LogP contribution >= 0.6 is 0 Å². The highest BCUT2D eigenvalue weighted by molar-refractivity contribution is 5.74. The molecule has 2 rings (SSSR count). The second-order valence-electron chi connectivity index (χ2n) is 9.96. The van der Waals surface area contributed by atoms with Crippen LogP contribution in [0, 0.1) is 0 Å². The zero-order valence-corrected chi connectivity index (χ0v) is 23.5. The third-order valence-electron chi connectivity index (χ3n) is 7.18. The molecule has 2 aromatic rings. The Morgan fingerprint density at radius 1 is 0.829 bits per heavy atom. The maximum absolute atomic E-state index is 10.5. The van der Waals surface area contributed by atoms with Crippen molar-refractivity contribution in [2.75, 3.05) is 39.5 Å². The number of hydrogen-bond acceptors (Lipinski definition) is 13. The van der Waals surface area contributed by atoms with Crippen molar-refractivity contribution in [2.45, 2.75) is 82.3 Å². The van der Waals surface area contributed by atoms with Crippen LogP contribution in [0.5, 0.6) is 5.75 Å². The van der Waals surface area contributed by atoms with Gasteiger partial charge in [-0.05, 0) is 26.0 Å². The number of ether oxygens (including phenoxy) is 1. The molecule has 236 valence electrons. The summed E-state index contributed by atoms with van der Waals surface area (Å²) in [5, 5.41) is 98.6. The highest BCUT2D eigenvalue weighted by atomic mass is 16.5. The minimum atomic E-state index is -1.87. The van der Waals surface area contributed by atoms with Gasteiger partial charge in [-0.3, -0.25) is 4.90 Å². The number of aliphatic hydroxyl groups is 10. The molecule has 8 atom stereocenters. The molecule has 0 aliphatic rings. The van der Waals surface area contributed by atoms with E-state index in [2.05, 4.69) is 9.13 Å². The lowest BCUT2D eigenvalue weighted by Crippen LogP contribution is -2.53. The van der Waals surface area contributed by atoms with E-state index in [1.54, 1.807) is 6.07 Å². The number of fused-ring (bicyclic) bond motifs is 1. The zero-order chi connectivity index (χ0) is 30.9. The number of rotatable bonds is 19. The molecule has 41 heavy (non-hydrogen) atoms. The summed E-state index contributed by atoms with van der Waals surface area (Å²) in [5.74, 6) is 1.50. The smallest absolute Gasteiger partial charge is 0.271 e. The molecule has 12 N–H and O–H groups in total. The molecule has 0 saturated heterocycles. The molecule has 1 heterocycles. The first-order valence-corrected chi connectivity index (χ1v) is 13.7. The van der Waals surface area contributed by atoms with Crippen LogP contribution in [0.15, 0.2) is 18.2 Å². The van der Waals surface area contributed by atoms with Crippen molar-refractivity contribution in [3.63, 3.8) is 0 Å². The number of hydrogen-bond donors (Lipinski definition) is 11. The Labute approximate surface area is 238 Å². The number of aryl methyl sites for hydroxylation is 2. The SMILES string of the molecule is CCn1c(CN)[n+](CC)c2ccc(OCCN(CC(O)C(O)C(O)C(O)CO)CC(O)C(O)C(O)C(O)CO)cc21. The maximum Gasteiger partial charge on any atom is 0.271 e. The molecule has 8 unspecified atom stereocenters. The van der Waals surface area contributed by atoms with Gasteiger partial charge in [-0.25, -0.2) is 9.13 Å². The van der Waals surface area contributed by atoms with Crippen molar-refractivity contribution < 1.29 is 60.4 Å². The molecule has 0 fully saturated rings. The van der Waals surface area contributed by atoms with E-state index in [1.165, 1.54) is 4.90 Å². The minimum absolute atomic E-state index is 0.0190. The van der Waals surface area contributed by atoms with Crippen LogP contribution in [-0.2, 0) is 19.6 Å². The van der Waals surface area contributed by atoms with Gasteiger partial charge < -0.3 is 61.5 Å². The molecule has 0 bridgehead atoms. The Bertz CT molecular complexity index is 1030. The quantitative estimate of drug-likeness (QED) is 0.0686. The topological polar surface area (TPSA) is 250 Å². The Balaban J connectivity index is 2.19. The lowest BCUT2D eigenvalue weighted by Gasteiger charge is -2.33. The number of nitrogens with zero attached hydrogens (tertiary/aromatic N) is 3. The predicted molar refractivity (Wildman–Crippen MR) is 146 cm³/mol. The Hall–Kier alpha value is -1.99. The number of aliphatic hydroxyl groups excluding tert-OH is 10. The van der Waals surface area contributed by atoms with E-state index in [0.717, 1.165) is 23.4 Å². The lowest BCUT2D eigenvalue weighted by molar-refractivity contribution is -0.676. The van der Waals surface area contributed by atoms with E-state index < -0.39 is 62.0 Å². The van der Waals surface area contributed by atoms with Gasteiger partial charge in [-0.15, -0.1) is 0 Å². The summed E-state index contributed by atoms with van der Waals surface area (Å²) in [4.78, 5) is 1.38. The lowest BCUT2D eigenvalue weighted by atomic mass is 10.0. The predicted octanol–water partition coefficient (Wildman–Crippen LogP) is -5.02. The molecular formula is C26H47N4O11+. The fraction of sp³-hybridized carbons (Fsp3) is 0.731. The van der Waals surface area contributed by atoms with E-state index in [0.29, 0.717) is 18.8 Å². The summed E-state index contributed by atoms with van der Waals surface area (Å²) in [5.41, 5.74) is 7.90. The maximum atomic E-state index is 10.5. The molecule has 0 spiro atoms. The summed E-state index contributed by atoms with van der Waals surface area (Å²) < 4.78 is 10.1. The van der Waals surface area contributed by atoms with Gasteiger partial charge in [0.05, 0.1) is 45.1 Å². The molecule has 15 heteroatoms. The van der Waals surface area contributed by atoms with Crippen LogP contribution in [-0.4, -0.2) is 149 Å². The van der Waals surface area contributed by atoms with Crippen LogP contribution < -0.4 is 15.0 Å². The second-order valence-corrected chi connectivity index (χ2v) is 9.96. The Morgan fingerprint density at radius 2 is 1.34 bits per heavy atom. The zero-order valence-electron chi connectivity index (χ0n) is 23.5. The Kier molecular flexibility index (Phi) is 14.3. The van der Waals surface area contributed by atoms with E-state index in [4.69, 9.17) is 20.7 Å². The van der Waals surface area contributed by atoms with Crippen LogP contribution in [0.3, 0.4) is 0 Å². The highest BCUT2D eigenvalue weighted by Crippen LogP contribution is 2.22. The molecular weight excluding hydrogens is 544 g/mol. The molecule has 0 amide bonds. The Morgan fingerprint density at radius 3 is 1.78 bits per heavy atom. The first kappa shape index (κ1) is 35.2. The minimum Gasteiger partial charge on any atom is -0.492 e. The number of aromatic nitrogens is 2. The van der Waals surface area contributed by atoms with Gasteiger partial charge in [0.1, 0.15) is 49.0 Å². The van der Waals surface area contributed by atoms with Crippen molar-refractivity contribution in [2.24, 2.45) is 5.73 Å². The summed E-state index contributed by atoms with van der Waals surface area (Å²) in [6.45, 7) is 3.42. The van der Waals surface area contributed by atoms with E-state index in [1.807, 2.05) is 26.0 Å². The summed E-state index contributed by atoms with van der Waals surface area (Å²) in [6, 6.07) is 5.57. The fourth-order valence-electron chi connectivity index (χ4n) is 4.81. The van der Waals surface area contributed by atoms with Gasteiger partial charge in [0, 0.05) is 25.7 Å². The van der Waals surface area contributed by atoms with Crippen molar-refractivity contribution >= 4 is 11.0 Å². The molecule has 1 aromatic carbocycles. The number of benzene rings is 1. The molecule has 1 aromatic heterocycles. The largest absolute Gasteiger partial charge is 0.492 e. The van der Waals surface area contributed by atoms with Gasteiger partial charge in [0.2, 0.25) is 0 Å². The van der Waals surface area contributed by atoms with Gasteiger partial charge in [0.25, 0.3) is 5.82 Å². The van der Waals surface area contributed by atoms with Crippen LogP contribution in [0.1, 0.15) is 19.7 Å². The highest BCUT2D eigenvalue weighted by Gasteiger charge is 2.34. The average molecular weight is 592 g/mol. The van der Waals surface area contributed by atoms with Gasteiger partial charge in [-0.2, -0.15) is 0 Å². The van der Waals surface area contributed by atoms with E-state index in [-0.39, 0.29) is 26.2 Å².